The summed E-state index contributed by atoms with van der Waals surface area (Å²) in [6, 6.07) is 16.8. The number of hydrogen-bond donors (Lipinski definition) is 0. The van der Waals surface area contributed by atoms with Gasteiger partial charge in [-0.25, -0.2) is 0 Å². The molecule has 0 heterocycles. The molecule has 0 radical (unpaired) electrons. The molecule has 0 spiro atoms. The zero-order valence-corrected chi connectivity index (χ0v) is 12.6. The number of hydrogen-bond acceptors (Lipinski definition) is 2. The molecule has 0 bridgehead atoms. The van der Waals surface area contributed by atoms with E-state index in [1.54, 1.807) is 0 Å². The van der Waals surface area contributed by atoms with Gasteiger partial charge in [0, 0.05) is 16.5 Å². The number of halogens is 1. The SMILES string of the molecule is Cc1ccc(CSSCc2ccc(Cl)cc2)cc1. The number of aryl methyl sites for hydroxylation is 1. The lowest BCUT2D eigenvalue weighted by Gasteiger charge is -2.03. The van der Waals surface area contributed by atoms with Crippen molar-refractivity contribution in [2.75, 3.05) is 0 Å². The van der Waals surface area contributed by atoms with Crippen LogP contribution in [0, 0.1) is 6.92 Å². The van der Waals surface area contributed by atoms with Gasteiger partial charge in [0.05, 0.1) is 0 Å². The van der Waals surface area contributed by atoms with Crippen LogP contribution in [0.3, 0.4) is 0 Å². The summed E-state index contributed by atoms with van der Waals surface area (Å²) >= 11 is 5.85. The van der Waals surface area contributed by atoms with Gasteiger partial charge in [0.15, 0.2) is 0 Å². The Balaban J connectivity index is 1.73. The van der Waals surface area contributed by atoms with Crippen molar-refractivity contribution in [3.05, 3.63) is 70.2 Å². The van der Waals surface area contributed by atoms with E-state index in [1.807, 2.05) is 33.7 Å². The van der Waals surface area contributed by atoms with Gasteiger partial charge in [-0.15, -0.1) is 0 Å². The molecule has 0 atom stereocenters. The Bertz CT molecular complexity index is 429. The molecule has 0 aromatic heterocycles. The fourth-order valence-electron chi connectivity index (χ4n) is 1.48. The van der Waals surface area contributed by atoms with Gasteiger partial charge >= 0.3 is 0 Å². The molecule has 0 N–H and O–H groups in total. The maximum atomic E-state index is 5.85. The lowest BCUT2D eigenvalue weighted by atomic mass is 10.2. The van der Waals surface area contributed by atoms with Crippen molar-refractivity contribution in [2.24, 2.45) is 0 Å². The van der Waals surface area contributed by atoms with E-state index in [2.05, 4.69) is 43.3 Å². The van der Waals surface area contributed by atoms with E-state index in [0.717, 1.165) is 16.5 Å². The van der Waals surface area contributed by atoms with Crippen molar-refractivity contribution in [1.29, 1.82) is 0 Å². The smallest absolute Gasteiger partial charge is 0.0406 e. The second-order valence-electron chi connectivity index (χ2n) is 4.14. The highest BCUT2D eigenvalue weighted by Crippen LogP contribution is 2.29. The van der Waals surface area contributed by atoms with Crippen LogP contribution in [0.4, 0.5) is 0 Å². The van der Waals surface area contributed by atoms with E-state index in [1.165, 1.54) is 16.7 Å². The molecule has 0 aliphatic carbocycles. The van der Waals surface area contributed by atoms with E-state index in [0.29, 0.717) is 0 Å². The molecular formula is C15H15ClS2. The molecule has 2 aromatic rings. The molecule has 0 aliphatic rings. The van der Waals surface area contributed by atoms with E-state index >= 15 is 0 Å². The van der Waals surface area contributed by atoms with Crippen LogP contribution in [-0.4, -0.2) is 0 Å². The summed E-state index contributed by atoms with van der Waals surface area (Å²) in [5.74, 6) is 2.08. The lowest BCUT2D eigenvalue weighted by molar-refractivity contribution is 1.37. The molecule has 2 rings (SSSR count). The quantitative estimate of drug-likeness (QED) is 0.510. The summed E-state index contributed by atoms with van der Waals surface area (Å²) in [6.07, 6.45) is 0. The van der Waals surface area contributed by atoms with Crippen molar-refractivity contribution in [2.45, 2.75) is 18.4 Å². The predicted molar refractivity (Wildman–Crippen MR) is 85.2 cm³/mol. The fourth-order valence-corrected chi connectivity index (χ4v) is 3.75. The van der Waals surface area contributed by atoms with Crippen LogP contribution in [0.25, 0.3) is 0 Å². The summed E-state index contributed by atoms with van der Waals surface area (Å²) < 4.78 is 0. The lowest BCUT2D eigenvalue weighted by Crippen LogP contribution is -1.80. The Morgan fingerprint density at radius 3 is 1.72 bits per heavy atom. The van der Waals surface area contributed by atoms with Crippen molar-refractivity contribution >= 4 is 33.2 Å². The highest BCUT2D eigenvalue weighted by molar-refractivity contribution is 8.76. The topological polar surface area (TPSA) is 0 Å². The number of rotatable bonds is 5. The van der Waals surface area contributed by atoms with Gasteiger partial charge in [-0.2, -0.15) is 0 Å². The minimum atomic E-state index is 0.802. The normalized spacial score (nSPS) is 10.6. The average molecular weight is 295 g/mol. The molecule has 2 aromatic carbocycles. The van der Waals surface area contributed by atoms with E-state index in [4.69, 9.17) is 11.6 Å². The van der Waals surface area contributed by atoms with Gasteiger partial charge < -0.3 is 0 Å². The van der Waals surface area contributed by atoms with Crippen molar-refractivity contribution < 1.29 is 0 Å². The maximum absolute atomic E-state index is 5.85. The van der Waals surface area contributed by atoms with Gasteiger partial charge in [-0.05, 0) is 30.2 Å². The average Bonchev–Trinajstić information content (AvgIpc) is 2.39. The van der Waals surface area contributed by atoms with Crippen LogP contribution in [-0.2, 0) is 11.5 Å². The first-order valence-electron chi connectivity index (χ1n) is 5.78. The van der Waals surface area contributed by atoms with Crippen molar-refractivity contribution in [3.8, 4) is 0 Å². The van der Waals surface area contributed by atoms with Gasteiger partial charge in [0.1, 0.15) is 0 Å². The molecule has 0 nitrogen and oxygen atoms in total. The minimum Gasteiger partial charge on any atom is -0.0890 e. The highest BCUT2D eigenvalue weighted by Gasteiger charge is 1.97. The van der Waals surface area contributed by atoms with Crippen LogP contribution in [0.1, 0.15) is 16.7 Å². The molecule has 94 valence electrons. The zero-order chi connectivity index (χ0) is 12.8. The molecule has 0 aliphatic heterocycles. The Kier molecular flexibility index (Phi) is 5.48. The third-order valence-corrected chi connectivity index (χ3v) is 5.10. The summed E-state index contributed by atoms with van der Waals surface area (Å²) in [5.41, 5.74) is 4.02. The summed E-state index contributed by atoms with van der Waals surface area (Å²) in [7, 11) is 3.78. The zero-order valence-electron chi connectivity index (χ0n) is 10.2. The third-order valence-electron chi connectivity index (χ3n) is 2.57. The maximum Gasteiger partial charge on any atom is 0.0406 e. The van der Waals surface area contributed by atoms with Gasteiger partial charge in [-0.3, -0.25) is 0 Å². The van der Waals surface area contributed by atoms with Crippen molar-refractivity contribution in [1.82, 2.24) is 0 Å². The van der Waals surface area contributed by atoms with Crippen LogP contribution >= 0.6 is 33.2 Å². The van der Waals surface area contributed by atoms with Crippen LogP contribution in [0.2, 0.25) is 5.02 Å². The summed E-state index contributed by atoms with van der Waals surface area (Å²) in [6.45, 7) is 2.12. The second-order valence-corrected chi connectivity index (χ2v) is 7.04. The minimum absolute atomic E-state index is 0.802. The van der Waals surface area contributed by atoms with Crippen LogP contribution in [0.5, 0.6) is 0 Å². The molecule has 3 heteroatoms. The van der Waals surface area contributed by atoms with Gasteiger partial charge in [0.2, 0.25) is 0 Å². The Hall–Kier alpha value is -0.570. The van der Waals surface area contributed by atoms with Crippen LogP contribution in [0.15, 0.2) is 48.5 Å². The Labute approximate surface area is 122 Å². The predicted octanol–water partition coefficient (Wildman–Crippen LogP) is 5.73. The molecular weight excluding hydrogens is 280 g/mol. The number of benzene rings is 2. The first kappa shape index (κ1) is 13.9. The second kappa shape index (κ2) is 7.13. The van der Waals surface area contributed by atoms with Gasteiger partial charge in [0.25, 0.3) is 0 Å². The third kappa shape index (κ3) is 4.60. The molecule has 18 heavy (non-hydrogen) atoms. The molecule has 0 saturated carbocycles. The van der Waals surface area contributed by atoms with E-state index in [9.17, 15) is 0 Å². The largest absolute Gasteiger partial charge is 0.0890 e. The molecule has 0 saturated heterocycles. The van der Waals surface area contributed by atoms with E-state index < -0.39 is 0 Å². The summed E-state index contributed by atoms with van der Waals surface area (Å²) in [4.78, 5) is 0. The Morgan fingerprint density at radius 1 is 0.778 bits per heavy atom. The first-order valence-corrected chi connectivity index (χ1v) is 8.65. The fraction of sp³-hybridized carbons (Fsp3) is 0.200. The molecule has 0 amide bonds. The first-order chi connectivity index (χ1) is 8.74. The van der Waals surface area contributed by atoms with Crippen molar-refractivity contribution in [3.63, 3.8) is 0 Å². The summed E-state index contributed by atoms with van der Waals surface area (Å²) in [5, 5.41) is 0.802. The molecule has 0 fully saturated rings. The standard InChI is InChI=1S/C15H15ClS2/c1-12-2-4-13(5-3-12)10-17-18-11-14-6-8-15(16)9-7-14/h2-9H,10-11H2,1H3. The highest BCUT2D eigenvalue weighted by atomic mass is 35.5. The van der Waals surface area contributed by atoms with E-state index in [-0.39, 0.29) is 0 Å². The molecule has 0 unspecified atom stereocenters. The monoisotopic (exact) mass is 294 g/mol. The van der Waals surface area contributed by atoms with Crippen LogP contribution < -0.4 is 0 Å². The van der Waals surface area contributed by atoms with Gasteiger partial charge in [-0.1, -0.05) is 75.2 Å². The Morgan fingerprint density at radius 2 is 1.22 bits per heavy atom.